The first-order valence-electron chi connectivity index (χ1n) is 7.27. The van der Waals surface area contributed by atoms with Crippen molar-refractivity contribution in [2.45, 2.75) is 20.0 Å². The lowest BCUT2D eigenvalue weighted by Gasteiger charge is -2.10. The van der Waals surface area contributed by atoms with E-state index in [-0.39, 0.29) is 0 Å². The van der Waals surface area contributed by atoms with Gasteiger partial charge in [-0.3, -0.25) is 9.78 Å². The van der Waals surface area contributed by atoms with Crippen LogP contribution in [0.2, 0.25) is 0 Å². The van der Waals surface area contributed by atoms with Crippen molar-refractivity contribution in [1.29, 1.82) is 0 Å². The number of hydrogen-bond donors (Lipinski definition) is 1. The zero-order chi connectivity index (χ0) is 16.7. The molecule has 4 nitrogen and oxygen atoms in total. The van der Waals surface area contributed by atoms with Crippen LogP contribution in [0.15, 0.2) is 30.5 Å². The number of benzene rings is 1. The normalized spacial score (nSPS) is 10.6. The number of pyridine rings is 1. The number of amides is 1. The predicted molar refractivity (Wildman–Crippen MR) is 82.7 cm³/mol. The SMILES string of the molecule is Cc1ncc(-c2ccc(F)cc2F)cc1COCCCNC=O. The van der Waals surface area contributed by atoms with Crippen molar-refractivity contribution >= 4 is 6.41 Å². The summed E-state index contributed by atoms with van der Waals surface area (Å²) in [5, 5.41) is 2.55. The van der Waals surface area contributed by atoms with Gasteiger partial charge in [0.2, 0.25) is 6.41 Å². The van der Waals surface area contributed by atoms with Crippen LogP contribution in [0.25, 0.3) is 11.1 Å². The molecule has 0 unspecified atom stereocenters. The van der Waals surface area contributed by atoms with Crippen LogP contribution in [-0.4, -0.2) is 24.5 Å². The first-order chi connectivity index (χ1) is 11.1. The lowest BCUT2D eigenvalue weighted by molar-refractivity contribution is -0.109. The van der Waals surface area contributed by atoms with Crippen LogP contribution in [0.1, 0.15) is 17.7 Å². The van der Waals surface area contributed by atoms with Crippen molar-refractivity contribution in [2.75, 3.05) is 13.2 Å². The van der Waals surface area contributed by atoms with Crippen molar-refractivity contribution in [3.05, 3.63) is 53.4 Å². The first kappa shape index (κ1) is 17.0. The number of carbonyl (C=O) groups excluding carboxylic acids is 1. The van der Waals surface area contributed by atoms with Gasteiger partial charge in [-0.15, -0.1) is 0 Å². The van der Waals surface area contributed by atoms with E-state index in [1.807, 2.05) is 6.92 Å². The minimum Gasteiger partial charge on any atom is -0.377 e. The lowest BCUT2D eigenvalue weighted by Crippen LogP contribution is -2.14. The average Bonchev–Trinajstić information content (AvgIpc) is 2.53. The van der Waals surface area contributed by atoms with Gasteiger partial charge in [0.1, 0.15) is 11.6 Å². The molecule has 1 amide bonds. The second-order valence-electron chi connectivity index (χ2n) is 5.07. The lowest BCUT2D eigenvalue weighted by atomic mass is 10.0. The van der Waals surface area contributed by atoms with Gasteiger partial charge in [-0.1, -0.05) is 0 Å². The Labute approximate surface area is 133 Å². The second kappa shape index (κ2) is 8.33. The molecule has 23 heavy (non-hydrogen) atoms. The van der Waals surface area contributed by atoms with Crippen molar-refractivity contribution in [2.24, 2.45) is 0 Å². The summed E-state index contributed by atoms with van der Waals surface area (Å²) in [6.45, 7) is 3.24. The summed E-state index contributed by atoms with van der Waals surface area (Å²) in [6, 6.07) is 5.26. The van der Waals surface area contributed by atoms with Crippen LogP contribution in [0, 0.1) is 18.6 Å². The van der Waals surface area contributed by atoms with E-state index in [0.29, 0.717) is 43.7 Å². The number of aryl methyl sites for hydroxylation is 1. The molecule has 1 N–H and O–H groups in total. The van der Waals surface area contributed by atoms with Gasteiger partial charge in [-0.2, -0.15) is 0 Å². The quantitative estimate of drug-likeness (QED) is 0.601. The molecule has 0 saturated heterocycles. The third-order valence-electron chi connectivity index (χ3n) is 3.38. The molecule has 0 atom stereocenters. The number of carbonyl (C=O) groups is 1. The molecule has 0 fully saturated rings. The van der Waals surface area contributed by atoms with Gasteiger partial charge < -0.3 is 10.1 Å². The molecular formula is C17H18F2N2O2. The molecule has 1 heterocycles. The number of hydrogen-bond acceptors (Lipinski definition) is 3. The number of rotatable bonds is 8. The standard InChI is InChI=1S/C17H18F2N2O2/c1-12-14(10-23-6-2-5-20-11-22)7-13(9-21-12)16-4-3-15(18)8-17(16)19/h3-4,7-9,11H,2,5-6,10H2,1H3,(H,20,22). The molecule has 0 aliphatic rings. The molecule has 1 aromatic carbocycles. The highest BCUT2D eigenvalue weighted by molar-refractivity contribution is 5.64. The predicted octanol–water partition coefficient (Wildman–Crippen LogP) is 2.99. The summed E-state index contributed by atoms with van der Waals surface area (Å²) in [7, 11) is 0. The number of aromatic nitrogens is 1. The van der Waals surface area contributed by atoms with Gasteiger partial charge in [0, 0.05) is 42.2 Å². The highest BCUT2D eigenvalue weighted by Gasteiger charge is 2.09. The highest BCUT2D eigenvalue weighted by Crippen LogP contribution is 2.24. The fourth-order valence-electron chi connectivity index (χ4n) is 2.11. The summed E-state index contributed by atoms with van der Waals surface area (Å²) < 4.78 is 32.4. The van der Waals surface area contributed by atoms with Gasteiger partial charge >= 0.3 is 0 Å². The van der Waals surface area contributed by atoms with Crippen LogP contribution in [0.4, 0.5) is 8.78 Å². The summed E-state index contributed by atoms with van der Waals surface area (Å²) in [6.07, 6.45) is 2.91. The molecule has 6 heteroatoms. The fraction of sp³-hybridized carbons (Fsp3) is 0.294. The molecule has 2 rings (SSSR count). The molecule has 1 aromatic heterocycles. The molecule has 0 spiro atoms. The fourth-order valence-corrected chi connectivity index (χ4v) is 2.11. The molecule has 0 saturated carbocycles. The van der Waals surface area contributed by atoms with Gasteiger partial charge in [-0.25, -0.2) is 8.78 Å². The number of nitrogens with zero attached hydrogens (tertiary/aromatic N) is 1. The largest absolute Gasteiger partial charge is 0.377 e. The molecule has 0 aliphatic heterocycles. The van der Waals surface area contributed by atoms with E-state index < -0.39 is 11.6 Å². The van der Waals surface area contributed by atoms with Crippen molar-refractivity contribution in [1.82, 2.24) is 10.3 Å². The van der Waals surface area contributed by atoms with Crippen LogP contribution in [-0.2, 0) is 16.1 Å². The Balaban J connectivity index is 2.05. The van der Waals surface area contributed by atoms with Crippen LogP contribution in [0.5, 0.6) is 0 Å². The van der Waals surface area contributed by atoms with Crippen LogP contribution in [0.3, 0.4) is 0 Å². The van der Waals surface area contributed by atoms with Crippen LogP contribution >= 0.6 is 0 Å². The highest BCUT2D eigenvalue weighted by atomic mass is 19.1. The Hall–Kier alpha value is -2.34. The van der Waals surface area contributed by atoms with Crippen molar-refractivity contribution in [3.8, 4) is 11.1 Å². The van der Waals surface area contributed by atoms with Crippen molar-refractivity contribution in [3.63, 3.8) is 0 Å². The molecule has 122 valence electrons. The zero-order valence-electron chi connectivity index (χ0n) is 12.8. The molecule has 2 aromatic rings. The van der Waals surface area contributed by atoms with Gasteiger partial charge in [0.15, 0.2) is 0 Å². The maximum absolute atomic E-state index is 13.9. The van der Waals surface area contributed by atoms with Gasteiger partial charge in [0.05, 0.1) is 6.61 Å². The minimum absolute atomic E-state index is 0.301. The Morgan fingerprint density at radius 2 is 2.13 bits per heavy atom. The number of nitrogens with one attached hydrogen (secondary N) is 1. The molecular weight excluding hydrogens is 302 g/mol. The maximum Gasteiger partial charge on any atom is 0.207 e. The van der Waals surface area contributed by atoms with E-state index in [1.54, 1.807) is 12.3 Å². The average molecular weight is 320 g/mol. The summed E-state index contributed by atoms with van der Waals surface area (Å²) in [5.74, 6) is -1.23. The van der Waals surface area contributed by atoms with Gasteiger partial charge in [-0.05, 0) is 37.1 Å². The summed E-state index contributed by atoms with van der Waals surface area (Å²) in [4.78, 5) is 14.4. The van der Waals surface area contributed by atoms with E-state index >= 15 is 0 Å². The summed E-state index contributed by atoms with van der Waals surface area (Å²) >= 11 is 0. The monoisotopic (exact) mass is 320 g/mol. The number of halogens is 2. The topological polar surface area (TPSA) is 51.2 Å². The van der Waals surface area contributed by atoms with E-state index in [9.17, 15) is 13.6 Å². The maximum atomic E-state index is 13.9. The van der Waals surface area contributed by atoms with Crippen LogP contribution < -0.4 is 5.32 Å². The van der Waals surface area contributed by atoms with Gasteiger partial charge in [0.25, 0.3) is 0 Å². The molecule has 0 aliphatic carbocycles. The third-order valence-corrected chi connectivity index (χ3v) is 3.38. The van der Waals surface area contributed by atoms with E-state index in [1.165, 1.54) is 12.1 Å². The van der Waals surface area contributed by atoms with Crippen molar-refractivity contribution < 1.29 is 18.3 Å². The Kier molecular flexibility index (Phi) is 6.17. The minimum atomic E-state index is -0.623. The smallest absolute Gasteiger partial charge is 0.207 e. The molecule has 0 radical (unpaired) electrons. The Bertz CT molecular complexity index is 678. The Morgan fingerprint density at radius 1 is 1.30 bits per heavy atom. The molecule has 0 bridgehead atoms. The second-order valence-corrected chi connectivity index (χ2v) is 5.07. The van der Waals surface area contributed by atoms with E-state index in [0.717, 1.165) is 17.3 Å². The Morgan fingerprint density at radius 3 is 2.87 bits per heavy atom. The van der Waals surface area contributed by atoms with E-state index in [4.69, 9.17) is 4.74 Å². The summed E-state index contributed by atoms with van der Waals surface area (Å²) in [5.41, 5.74) is 2.52. The third kappa shape index (κ3) is 4.82. The van der Waals surface area contributed by atoms with E-state index in [2.05, 4.69) is 10.3 Å². The number of ether oxygens (including phenoxy) is 1. The zero-order valence-corrected chi connectivity index (χ0v) is 12.8. The first-order valence-corrected chi connectivity index (χ1v) is 7.27.